The molecule has 5 rings (SSSR count). The average Bonchev–Trinajstić information content (AvgIpc) is 3.37. The van der Waals surface area contributed by atoms with Crippen molar-refractivity contribution in [1.82, 2.24) is 19.5 Å². The quantitative estimate of drug-likeness (QED) is 0.446. The van der Waals surface area contributed by atoms with Crippen LogP contribution in [-0.2, 0) is 0 Å². The zero-order valence-electron chi connectivity index (χ0n) is 19.2. The van der Waals surface area contributed by atoms with E-state index in [0.717, 1.165) is 42.3 Å². The summed E-state index contributed by atoms with van der Waals surface area (Å²) in [7, 11) is 3.22. The van der Waals surface area contributed by atoms with Crippen LogP contribution in [0.5, 0.6) is 17.4 Å². The molecule has 0 radical (unpaired) electrons. The lowest BCUT2D eigenvalue weighted by molar-refractivity contribution is 0.210. The average molecular weight is 484 g/mol. The summed E-state index contributed by atoms with van der Waals surface area (Å²) in [5, 5.41) is 15.4. The fourth-order valence-electron chi connectivity index (χ4n) is 4.47. The molecule has 0 bridgehead atoms. The molecular weight excluding hydrogens is 457 g/mol. The van der Waals surface area contributed by atoms with Gasteiger partial charge in [0.05, 0.1) is 25.1 Å². The van der Waals surface area contributed by atoms with Crippen LogP contribution in [0.4, 0.5) is 10.1 Å². The van der Waals surface area contributed by atoms with E-state index in [1.807, 2.05) is 30.3 Å². The maximum atomic E-state index is 13.4. The summed E-state index contributed by atoms with van der Waals surface area (Å²) in [6, 6.07) is 12.2. The lowest BCUT2D eigenvalue weighted by Crippen LogP contribution is -2.47. The maximum absolute atomic E-state index is 13.4. The number of methoxy groups -OCH3 is 2. The Morgan fingerprint density at radius 2 is 1.71 bits per heavy atom. The van der Waals surface area contributed by atoms with Crippen LogP contribution >= 0.6 is 11.3 Å². The Morgan fingerprint density at radius 3 is 2.35 bits per heavy atom. The van der Waals surface area contributed by atoms with E-state index in [0.29, 0.717) is 22.3 Å². The van der Waals surface area contributed by atoms with E-state index in [4.69, 9.17) is 9.47 Å². The number of fused-ring (bicyclic) bond motifs is 1. The minimum Gasteiger partial charge on any atom is -0.493 e. The molecule has 1 unspecified atom stereocenters. The zero-order chi connectivity index (χ0) is 23.8. The van der Waals surface area contributed by atoms with Crippen molar-refractivity contribution in [3.05, 3.63) is 64.5 Å². The van der Waals surface area contributed by atoms with Crippen LogP contribution in [0.25, 0.3) is 4.96 Å². The molecule has 1 aliphatic heterocycles. The first-order valence-corrected chi connectivity index (χ1v) is 11.8. The van der Waals surface area contributed by atoms with Crippen molar-refractivity contribution in [2.45, 2.75) is 13.0 Å². The summed E-state index contributed by atoms with van der Waals surface area (Å²) in [5.41, 5.74) is 1.98. The van der Waals surface area contributed by atoms with Crippen molar-refractivity contribution in [3.63, 3.8) is 0 Å². The topological polar surface area (TPSA) is 75.4 Å². The van der Waals surface area contributed by atoms with Gasteiger partial charge in [-0.1, -0.05) is 17.4 Å². The number of hydrogen-bond donors (Lipinski definition) is 1. The van der Waals surface area contributed by atoms with E-state index in [2.05, 4.69) is 19.9 Å². The summed E-state index contributed by atoms with van der Waals surface area (Å²) in [5.74, 6) is 1.75. The van der Waals surface area contributed by atoms with E-state index in [1.54, 1.807) is 21.1 Å². The molecule has 0 spiro atoms. The number of anilines is 1. The molecule has 1 aliphatic rings. The number of aromatic nitrogens is 3. The van der Waals surface area contributed by atoms with Gasteiger partial charge in [-0.2, -0.15) is 4.52 Å². The van der Waals surface area contributed by atoms with Crippen LogP contribution in [-0.4, -0.2) is 65.0 Å². The minimum absolute atomic E-state index is 0.0985. The molecule has 10 heteroatoms. The number of hydrogen-bond acceptors (Lipinski definition) is 8. The zero-order valence-corrected chi connectivity index (χ0v) is 20.0. The fraction of sp³-hybridized carbons (Fsp3) is 0.333. The second-order valence-electron chi connectivity index (χ2n) is 8.16. The first kappa shape index (κ1) is 22.4. The fourth-order valence-corrected chi connectivity index (χ4v) is 5.63. The number of aromatic hydroxyl groups is 1. The number of halogens is 1. The van der Waals surface area contributed by atoms with E-state index < -0.39 is 0 Å². The Hall–Kier alpha value is -3.37. The Balaban J connectivity index is 1.50. The molecule has 0 saturated carbocycles. The van der Waals surface area contributed by atoms with Gasteiger partial charge in [0.2, 0.25) is 10.8 Å². The minimum atomic E-state index is -0.238. The predicted molar refractivity (Wildman–Crippen MR) is 129 cm³/mol. The SMILES string of the molecule is COc1ccc(C(c2sc3nc(C)nn3c2O)N2CCN(c3ccc(F)cc3)CC2)cc1OC. The molecule has 34 heavy (non-hydrogen) atoms. The van der Waals surface area contributed by atoms with Crippen LogP contribution in [0, 0.1) is 12.7 Å². The predicted octanol–water partition coefficient (Wildman–Crippen LogP) is 3.87. The van der Waals surface area contributed by atoms with Crippen molar-refractivity contribution in [1.29, 1.82) is 0 Å². The van der Waals surface area contributed by atoms with Crippen LogP contribution in [0.3, 0.4) is 0 Å². The van der Waals surface area contributed by atoms with Crippen molar-refractivity contribution < 1.29 is 19.0 Å². The third-order valence-corrected chi connectivity index (χ3v) is 7.22. The molecule has 1 fully saturated rings. The molecule has 8 nitrogen and oxygen atoms in total. The Morgan fingerprint density at radius 1 is 1.00 bits per heavy atom. The number of ether oxygens (including phenoxy) is 2. The lowest BCUT2D eigenvalue weighted by atomic mass is 10.0. The van der Waals surface area contributed by atoms with Gasteiger partial charge in [-0.05, 0) is 48.9 Å². The highest BCUT2D eigenvalue weighted by Crippen LogP contribution is 2.42. The third kappa shape index (κ3) is 4.03. The number of nitrogens with zero attached hydrogens (tertiary/aromatic N) is 5. The summed E-state index contributed by atoms with van der Waals surface area (Å²) < 4.78 is 25.8. The largest absolute Gasteiger partial charge is 0.493 e. The van der Waals surface area contributed by atoms with Gasteiger partial charge < -0.3 is 19.5 Å². The first-order valence-electron chi connectivity index (χ1n) is 11.0. The third-order valence-electron chi connectivity index (χ3n) is 6.15. The highest BCUT2D eigenvalue weighted by atomic mass is 32.1. The monoisotopic (exact) mass is 483 g/mol. The highest BCUT2D eigenvalue weighted by Gasteiger charge is 2.32. The maximum Gasteiger partial charge on any atom is 0.230 e. The molecule has 4 aromatic rings. The molecule has 0 aliphatic carbocycles. The summed E-state index contributed by atoms with van der Waals surface area (Å²) in [6.07, 6.45) is 0. The number of rotatable bonds is 6. The first-order chi connectivity index (χ1) is 16.5. The van der Waals surface area contributed by atoms with Crippen LogP contribution in [0.1, 0.15) is 22.3 Å². The molecule has 0 amide bonds. The Kier molecular flexibility index (Phi) is 6.01. The van der Waals surface area contributed by atoms with Gasteiger partial charge in [0, 0.05) is 31.9 Å². The number of benzene rings is 2. The molecule has 1 saturated heterocycles. The van der Waals surface area contributed by atoms with Gasteiger partial charge >= 0.3 is 0 Å². The highest BCUT2D eigenvalue weighted by molar-refractivity contribution is 7.17. The van der Waals surface area contributed by atoms with Gasteiger partial charge in [0.25, 0.3) is 0 Å². The second kappa shape index (κ2) is 9.11. The normalized spacial score (nSPS) is 15.6. The molecule has 2 aromatic carbocycles. The van der Waals surface area contributed by atoms with Gasteiger partial charge in [0.15, 0.2) is 11.5 Å². The molecular formula is C24H26FN5O3S. The van der Waals surface area contributed by atoms with Crippen LogP contribution in [0.15, 0.2) is 42.5 Å². The van der Waals surface area contributed by atoms with E-state index in [1.165, 1.54) is 28.0 Å². The molecule has 2 aromatic heterocycles. The number of piperazine rings is 1. The van der Waals surface area contributed by atoms with Gasteiger partial charge in [-0.3, -0.25) is 4.90 Å². The van der Waals surface area contributed by atoms with Crippen LogP contribution < -0.4 is 14.4 Å². The molecule has 1 atom stereocenters. The number of thiazole rings is 1. The van der Waals surface area contributed by atoms with Crippen molar-refractivity contribution >= 4 is 22.0 Å². The van der Waals surface area contributed by atoms with Gasteiger partial charge in [-0.15, -0.1) is 5.10 Å². The van der Waals surface area contributed by atoms with Gasteiger partial charge in [-0.25, -0.2) is 9.37 Å². The molecule has 1 N–H and O–H groups in total. The second-order valence-corrected chi connectivity index (χ2v) is 9.17. The number of aryl methyl sites for hydroxylation is 1. The smallest absolute Gasteiger partial charge is 0.230 e. The van der Waals surface area contributed by atoms with Crippen molar-refractivity contribution in [2.24, 2.45) is 0 Å². The van der Waals surface area contributed by atoms with E-state index in [-0.39, 0.29) is 17.7 Å². The Bertz CT molecular complexity index is 1300. The molecule has 3 heterocycles. The summed E-state index contributed by atoms with van der Waals surface area (Å²) >= 11 is 1.43. The summed E-state index contributed by atoms with van der Waals surface area (Å²) in [4.78, 5) is 10.4. The van der Waals surface area contributed by atoms with Crippen LogP contribution in [0.2, 0.25) is 0 Å². The van der Waals surface area contributed by atoms with Crippen molar-refractivity contribution in [3.8, 4) is 17.4 Å². The van der Waals surface area contributed by atoms with E-state index in [9.17, 15) is 9.50 Å². The van der Waals surface area contributed by atoms with Crippen molar-refractivity contribution in [2.75, 3.05) is 45.3 Å². The van der Waals surface area contributed by atoms with Gasteiger partial charge in [0.1, 0.15) is 11.6 Å². The summed E-state index contributed by atoms with van der Waals surface area (Å²) in [6.45, 7) is 4.86. The molecule has 178 valence electrons. The lowest BCUT2D eigenvalue weighted by Gasteiger charge is -2.40. The standard InChI is InChI=1S/C24H26FN5O3S/c1-15-26-24-30(27-15)23(31)22(34-24)21(16-4-9-19(32-2)20(14-16)33-3)29-12-10-28(11-13-29)18-7-5-17(25)6-8-18/h4-9,14,21,31H,10-13H2,1-3H3. The Labute approximate surface area is 200 Å². The van der Waals surface area contributed by atoms with E-state index >= 15 is 0 Å².